The molecular weight excluding hydrogens is 501 g/mol. The number of hydrogen-bond acceptors (Lipinski definition) is 6. The quantitative estimate of drug-likeness (QED) is 0.369. The Morgan fingerprint density at radius 2 is 1.72 bits per heavy atom. The Bertz CT molecular complexity index is 1310. The Labute approximate surface area is 228 Å². The molecule has 3 fully saturated rings. The highest BCUT2D eigenvalue weighted by atomic mass is 19.4. The van der Waals surface area contributed by atoms with Crippen LogP contribution in [0.5, 0.6) is 0 Å². The highest BCUT2D eigenvalue weighted by Crippen LogP contribution is 2.45. The molecule has 2 aliphatic heterocycles. The fraction of sp³-hybridized carbons (Fsp3) is 0.600. The first-order chi connectivity index (χ1) is 18.7. The molecule has 2 saturated heterocycles. The predicted octanol–water partition coefficient (Wildman–Crippen LogP) is 6.26. The molecule has 3 aromatic rings. The maximum absolute atomic E-state index is 12.8. The molecule has 0 aromatic carbocycles. The highest BCUT2D eigenvalue weighted by molar-refractivity contribution is 5.94. The Morgan fingerprint density at radius 1 is 0.974 bits per heavy atom. The maximum atomic E-state index is 12.8. The van der Waals surface area contributed by atoms with Gasteiger partial charge in [-0.25, -0.2) is 9.97 Å². The van der Waals surface area contributed by atoms with Gasteiger partial charge in [-0.1, -0.05) is 13.8 Å². The third-order valence-electron chi connectivity index (χ3n) is 8.49. The second-order valence-electron chi connectivity index (χ2n) is 12.2. The summed E-state index contributed by atoms with van der Waals surface area (Å²) in [4.78, 5) is 23.3. The number of piperidine rings is 2. The molecular formula is C30H37F3N6. The molecule has 0 bridgehead atoms. The van der Waals surface area contributed by atoms with Gasteiger partial charge in [0.05, 0.1) is 18.3 Å². The zero-order valence-corrected chi connectivity index (χ0v) is 22.8. The highest BCUT2D eigenvalue weighted by Gasteiger charge is 2.33. The van der Waals surface area contributed by atoms with Crippen molar-refractivity contribution in [2.24, 2.45) is 17.8 Å². The van der Waals surface area contributed by atoms with Gasteiger partial charge in [0, 0.05) is 42.1 Å². The monoisotopic (exact) mass is 538 g/mol. The zero-order valence-electron chi connectivity index (χ0n) is 22.8. The van der Waals surface area contributed by atoms with E-state index in [0.29, 0.717) is 42.6 Å². The number of aromatic nitrogens is 4. The molecule has 1 aliphatic carbocycles. The van der Waals surface area contributed by atoms with E-state index in [1.54, 1.807) is 6.20 Å². The lowest BCUT2D eigenvalue weighted by Crippen LogP contribution is -2.40. The van der Waals surface area contributed by atoms with Gasteiger partial charge in [0.25, 0.3) is 0 Å². The number of hydrogen-bond donors (Lipinski definition) is 0. The summed E-state index contributed by atoms with van der Waals surface area (Å²) in [6.07, 6.45) is 7.40. The maximum Gasteiger partial charge on any atom is 0.401 e. The third-order valence-corrected chi connectivity index (χ3v) is 8.49. The third kappa shape index (κ3) is 6.18. The lowest BCUT2D eigenvalue weighted by atomic mass is 9.91. The number of halogens is 3. The van der Waals surface area contributed by atoms with E-state index >= 15 is 0 Å². The molecule has 208 valence electrons. The van der Waals surface area contributed by atoms with Crippen LogP contribution in [0.2, 0.25) is 0 Å². The van der Waals surface area contributed by atoms with E-state index in [1.807, 2.05) is 18.5 Å². The average molecular weight is 539 g/mol. The summed E-state index contributed by atoms with van der Waals surface area (Å²) in [6, 6.07) is 4.02. The first-order valence-electron chi connectivity index (χ1n) is 14.4. The van der Waals surface area contributed by atoms with Crippen molar-refractivity contribution >= 4 is 16.7 Å². The predicted molar refractivity (Wildman–Crippen MR) is 147 cm³/mol. The van der Waals surface area contributed by atoms with Crippen LogP contribution in [-0.4, -0.2) is 63.7 Å². The molecule has 0 amide bonds. The average Bonchev–Trinajstić information content (AvgIpc) is 3.73. The number of fused-ring (bicyclic) bond motifs is 1. The largest absolute Gasteiger partial charge is 0.401 e. The molecule has 2 atom stereocenters. The first-order valence-corrected chi connectivity index (χ1v) is 14.4. The molecule has 39 heavy (non-hydrogen) atoms. The Kier molecular flexibility index (Phi) is 7.20. The molecule has 3 aliphatic rings. The van der Waals surface area contributed by atoms with E-state index in [4.69, 9.17) is 9.97 Å². The molecule has 0 unspecified atom stereocenters. The van der Waals surface area contributed by atoms with E-state index in [2.05, 4.69) is 34.8 Å². The lowest BCUT2D eigenvalue weighted by molar-refractivity contribution is -0.148. The zero-order chi connectivity index (χ0) is 27.1. The fourth-order valence-corrected chi connectivity index (χ4v) is 6.61. The lowest BCUT2D eigenvalue weighted by Gasteiger charge is -2.36. The van der Waals surface area contributed by atoms with Crippen LogP contribution in [0.15, 0.2) is 30.7 Å². The van der Waals surface area contributed by atoms with Crippen LogP contribution >= 0.6 is 0 Å². The van der Waals surface area contributed by atoms with Crippen molar-refractivity contribution in [3.63, 3.8) is 0 Å². The molecule has 9 heteroatoms. The topological polar surface area (TPSA) is 58.0 Å². The van der Waals surface area contributed by atoms with Crippen molar-refractivity contribution in [1.29, 1.82) is 0 Å². The molecule has 5 heterocycles. The number of alkyl halides is 3. The number of nitrogens with zero attached hydrogens (tertiary/aromatic N) is 6. The minimum atomic E-state index is -4.14. The van der Waals surface area contributed by atoms with Crippen LogP contribution in [-0.2, 0) is 6.42 Å². The summed E-state index contributed by atoms with van der Waals surface area (Å²) < 4.78 is 38.3. The van der Waals surface area contributed by atoms with Crippen LogP contribution in [0.25, 0.3) is 22.3 Å². The Balaban J connectivity index is 1.28. The van der Waals surface area contributed by atoms with Gasteiger partial charge in [0.15, 0.2) is 5.82 Å². The second-order valence-corrected chi connectivity index (χ2v) is 12.2. The summed E-state index contributed by atoms with van der Waals surface area (Å²) in [6.45, 7) is 6.74. The second kappa shape index (κ2) is 10.6. The number of anilines is 1. The van der Waals surface area contributed by atoms with Gasteiger partial charge in [0.1, 0.15) is 5.82 Å². The Hall–Kier alpha value is -2.81. The van der Waals surface area contributed by atoms with Crippen molar-refractivity contribution in [2.75, 3.05) is 37.6 Å². The van der Waals surface area contributed by atoms with Gasteiger partial charge >= 0.3 is 6.18 Å². The van der Waals surface area contributed by atoms with Gasteiger partial charge in [0.2, 0.25) is 0 Å². The standard InChI is InChI=1S/C30H37F3N6/c1-19-11-20(2)17-39(16-19)29-27-25(22-3-4-22)14-34-15-26(27)36-28(37-29)23-5-8-35-24(13-23)12-21-6-9-38(10-7-21)18-30(31,32)33/h5,8,13-15,19-22H,3-4,6-7,9-12,16-18H2,1-2H3/t19-,20+. The molecule has 1 saturated carbocycles. The minimum absolute atomic E-state index is 0.326. The summed E-state index contributed by atoms with van der Waals surface area (Å²) in [5.74, 6) is 3.78. The van der Waals surface area contributed by atoms with Gasteiger partial charge < -0.3 is 4.90 Å². The van der Waals surface area contributed by atoms with Crippen LogP contribution < -0.4 is 4.90 Å². The van der Waals surface area contributed by atoms with E-state index in [1.165, 1.54) is 29.7 Å². The van der Waals surface area contributed by atoms with Crippen molar-refractivity contribution < 1.29 is 13.2 Å². The van der Waals surface area contributed by atoms with E-state index < -0.39 is 12.7 Å². The van der Waals surface area contributed by atoms with Crippen LogP contribution in [0, 0.1) is 17.8 Å². The van der Waals surface area contributed by atoms with Gasteiger partial charge in [-0.3, -0.25) is 14.9 Å². The van der Waals surface area contributed by atoms with E-state index in [9.17, 15) is 13.2 Å². The van der Waals surface area contributed by atoms with Crippen molar-refractivity contribution in [1.82, 2.24) is 24.8 Å². The molecule has 3 aromatic heterocycles. The molecule has 0 spiro atoms. The molecule has 6 rings (SSSR count). The van der Waals surface area contributed by atoms with Gasteiger partial charge in [-0.2, -0.15) is 13.2 Å². The van der Waals surface area contributed by atoms with E-state index in [0.717, 1.165) is 60.3 Å². The van der Waals surface area contributed by atoms with Crippen molar-refractivity contribution in [2.45, 2.75) is 64.5 Å². The fourth-order valence-electron chi connectivity index (χ4n) is 6.61. The summed E-state index contributed by atoms with van der Waals surface area (Å²) in [5.41, 5.74) is 4.03. The molecule has 0 radical (unpaired) electrons. The van der Waals surface area contributed by atoms with Gasteiger partial charge in [-0.15, -0.1) is 0 Å². The molecule has 0 N–H and O–H groups in total. The summed E-state index contributed by atoms with van der Waals surface area (Å²) >= 11 is 0. The van der Waals surface area contributed by atoms with Crippen molar-refractivity contribution in [3.05, 3.63) is 42.0 Å². The van der Waals surface area contributed by atoms with Gasteiger partial charge in [-0.05, 0) is 93.0 Å². The SMILES string of the molecule is C[C@@H]1C[C@H](C)CN(c2nc(-c3ccnc(CC4CCN(CC(F)(F)F)CC4)c3)nc3cncc(C4CC4)c23)C1. The minimum Gasteiger partial charge on any atom is -0.355 e. The molecule has 6 nitrogen and oxygen atoms in total. The van der Waals surface area contributed by atoms with E-state index in [-0.39, 0.29) is 0 Å². The number of pyridine rings is 2. The Morgan fingerprint density at radius 3 is 2.41 bits per heavy atom. The number of rotatable bonds is 6. The first kappa shape index (κ1) is 26.4. The van der Waals surface area contributed by atoms with Crippen LogP contribution in [0.3, 0.4) is 0 Å². The van der Waals surface area contributed by atoms with Crippen molar-refractivity contribution in [3.8, 4) is 11.4 Å². The summed E-state index contributed by atoms with van der Waals surface area (Å²) in [7, 11) is 0. The van der Waals surface area contributed by atoms with Crippen LogP contribution in [0.4, 0.5) is 19.0 Å². The smallest absolute Gasteiger partial charge is 0.355 e. The van der Waals surface area contributed by atoms with Crippen LogP contribution in [0.1, 0.15) is 63.1 Å². The summed E-state index contributed by atoms with van der Waals surface area (Å²) in [5, 5.41) is 1.15. The normalized spacial score (nSPS) is 23.5. The number of likely N-dealkylation sites (tertiary alicyclic amines) is 1.